The van der Waals surface area contributed by atoms with E-state index >= 15 is 0 Å². The van der Waals surface area contributed by atoms with E-state index in [1.54, 1.807) is 0 Å². The second-order valence-corrected chi connectivity index (χ2v) is 4.30. The van der Waals surface area contributed by atoms with Crippen LogP contribution in [0.3, 0.4) is 0 Å². The van der Waals surface area contributed by atoms with Crippen LogP contribution in [0.5, 0.6) is 0 Å². The molecule has 0 aliphatic carbocycles. The molecule has 0 aromatic carbocycles. The molecular formula is C12H10N6O4. The smallest absolute Gasteiger partial charge is 0.341 e. The second kappa shape index (κ2) is 5.16. The molecule has 3 heterocycles. The van der Waals surface area contributed by atoms with Gasteiger partial charge in [-0.05, 0) is 6.07 Å². The monoisotopic (exact) mass is 302 g/mol. The number of hydrogen-bond acceptors (Lipinski definition) is 6. The lowest BCUT2D eigenvalue weighted by atomic mass is 10.1. The Hall–Kier alpha value is -3.43. The van der Waals surface area contributed by atoms with Gasteiger partial charge in [0.1, 0.15) is 17.0 Å². The van der Waals surface area contributed by atoms with Gasteiger partial charge in [-0.25, -0.2) is 9.89 Å². The lowest BCUT2D eigenvalue weighted by molar-refractivity contribution is 0.0600. The van der Waals surface area contributed by atoms with Gasteiger partial charge in [-0.1, -0.05) is 0 Å². The summed E-state index contributed by atoms with van der Waals surface area (Å²) < 4.78 is 5.84. The summed E-state index contributed by atoms with van der Waals surface area (Å²) in [6, 6.07) is 1.48. The average molecular weight is 302 g/mol. The number of ether oxygens (including phenoxy) is 1. The predicted octanol–water partition coefficient (Wildman–Crippen LogP) is -0.430. The van der Waals surface area contributed by atoms with Gasteiger partial charge >= 0.3 is 5.97 Å². The van der Waals surface area contributed by atoms with E-state index in [4.69, 9.17) is 0 Å². The summed E-state index contributed by atoms with van der Waals surface area (Å²) in [5, 5.41) is 12.2. The van der Waals surface area contributed by atoms with Crippen molar-refractivity contribution in [2.24, 2.45) is 0 Å². The van der Waals surface area contributed by atoms with Crippen molar-refractivity contribution in [3.05, 3.63) is 46.3 Å². The Morgan fingerprint density at radius 3 is 2.82 bits per heavy atom. The molecule has 3 N–H and O–H groups in total. The Kier molecular flexibility index (Phi) is 3.18. The summed E-state index contributed by atoms with van der Waals surface area (Å²) in [6.07, 6.45) is 4.08. The van der Waals surface area contributed by atoms with E-state index < -0.39 is 17.4 Å². The van der Waals surface area contributed by atoms with Crippen molar-refractivity contribution in [1.29, 1.82) is 0 Å². The fourth-order valence-corrected chi connectivity index (χ4v) is 1.92. The zero-order valence-corrected chi connectivity index (χ0v) is 11.3. The third-order valence-corrected chi connectivity index (χ3v) is 2.94. The number of fused-ring (bicyclic) bond motifs is 1. The number of aromatic nitrogens is 5. The predicted molar refractivity (Wildman–Crippen MR) is 73.1 cm³/mol. The maximum absolute atomic E-state index is 12.0. The standard InChI is InChI=1S/C12H10N6O4/c1-22-12(21)7-5-18(4-6-9(7)15-16-10(6)19)17-11(20)8-2-3-13-14-8/h2-5H,1H3,(H,13,14)(H,16,19)(H,17,20). The summed E-state index contributed by atoms with van der Waals surface area (Å²) in [6.45, 7) is 0. The Morgan fingerprint density at radius 1 is 1.32 bits per heavy atom. The van der Waals surface area contributed by atoms with Gasteiger partial charge in [0, 0.05) is 18.6 Å². The molecule has 1 aromatic rings. The maximum atomic E-state index is 12.0. The average Bonchev–Trinajstić information content (AvgIpc) is 3.16. The quantitative estimate of drug-likeness (QED) is 0.562. The van der Waals surface area contributed by atoms with Crippen LogP contribution in [0.1, 0.15) is 20.8 Å². The van der Waals surface area contributed by atoms with E-state index in [1.165, 1.54) is 36.4 Å². The molecule has 0 radical (unpaired) electrons. The molecule has 0 spiro atoms. The van der Waals surface area contributed by atoms with Gasteiger partial charge in [0.05, 0.1) is 12.7 Å². The molecule has 2 aliphatic heterocycles. The number of rotatable bonds is 3. The molecule has 2 aliphatic rings. The zero-order valence-electron chi connectivity index (χ0n) is 11.3. The number of aromatic amines is 2. The molecule has 0 unspecified atom stereocenters. The van der Waals surface area contributed by atoms with E-state index in [2.05, 4.69) is 30.6 Å². The molecule has 1 aromatic heterocycles. The van der Waals surface area contributed by atoms with Gasteiger partial charge in [-0.15, -0.1) is 0 Å². The maximum Gasteiger partial charge on any atom is 0.341 e. The van der Waals surface area contributed by atoms with Crippen LogP contribution in [-0.2, 0) is 4.74 Å². The van der Waals surface area contributed by atoms with Gasteiger partial charge in [-0.2, -0.15) is 10.2 Å². The summed E-state index contributed by atoms with van der Waals surface area (Å²) >= 11 is 0. The lowest BCUT2D eigenvalue weighted by Crippen LogP contribution is -2.25. The highest BCUT2D eigenvalue weighted by molar-refractivity contribution is 5.99. The molecule has 10 heteroatoms. The van der Waals surface area contributed by atoms with Gasteiger partial charge in [0.25, 0.3) is 11.5 Å². The van der Waals surface area contributed by atoms with Crippen molar-refractivity contribution in [2.75, 3.05) is 12.5 Å². The van der Waals surface area contributed by atoms with Crippen molar-refractivity contribution in [3.63, 3.8) is 0 Å². The van der Waals surface area contributed by atoms with Crippen LogP contribution in [0.25, 0.3) is 11.3 Å². The van der Waals surface area contributed by atoms with Crippen LogP contribution in [-0.4, -0.2) is 44.1 Å². The summed E-state index contributed by atoms with van der Waals surface area (Å²) in [4.78, 5) is 35.4. The largest absolute Gasteiger partial charge is 0.465 e. The third-order valence-electron chi connectivity index (χ3n) is 2.94. The second-order valence-electron chi connectivity index (χ2n) is 4.30. The fraction of sp³-hybridized carbons (Fsp3) is 0.0833. The first-order valence-corrected chi connectivity index (χ1v) is 6.09. The van der Waals surface area contributed by atoms with Crippen LogP contribution in [0, 0.1) is 0 Å². The number of esters is 1. The Bertz CT molecular complexity index is 862. The molecule has 0 atom stereocenters. The van der Waals surface area contributed by atoms with Crippen LogP contribution in [0.2, 0.25) is 0 Å². The van der Waals surface area contributed by atoms with Crippen molar-refractivity contribution in [3.8, 4) is 11.3 Å². The molecule has 0 saturated carbocycles. The summed E-state index contributed by atoms with van der Waals surface area (Å²) in [5.41, 5.74) is 2.59. The SMILES string of the molecule is COC(=O)c1cn(NC(=O)c2ccn[nH]2)cc2c(=O)[nH]nc1-2. The number of amides is 1. The minimum absolute atomic E-state index is 0.0447. The van der Waals surface area contributed by atoms with Crippen molar-refractivity contribution in [1.82, 2.24) is 25.1 Å². The Morgan fingerprint density at radius 2 is 2.14 bits per heavy atom. The van der Waals surface area contributed by atoms with Crippen molar-refractivity contribution < 1.29 is 14.3 Å². The minimum Gasteiger partial charge on any atom is -0.465 e. The number of carbonyl (C=O) groups is 2. The van der Waals surface area contributed by atoms with E-state index in [0.717, 1.165) is 0 Å². The number of nitrogens with zero attached hydrogens (tertiary/aromatic N) is 3. The number of nitrogens with one attached hydrogen (secondary N) is 3. The molecule has 3 rings (SSSR count). The minimum atomic E-state index is -0.679. The number of hydrogen-bond donors (Lipinski definition) is 3. The molecule has 1 amide bonds. The van der Waals surface area contributed by atoms with Gasteiger partial charge < -0.3 is 4.74 Å². The summed E-state index contributed by atoms with van der Waals surface area (Å²) in [5.74, 6) is -1.17. The Labute approximate surface area is 122 Å². The van der Waals surface area contributed by atoms with Crippen LogP contribution >= 0.6 is 0 Å². The van der Waals surface area contributed by atoms with Crippen molar-refractivity contribution >= 4 is 11.9 Å². The number of pyridine rings is 1. The van der Waals surface area contributed by atoms with E-state index in [0.29, 0.717) is 0 Å². The van der Waals surface area contributed by atoms with E-state index in [-0.39, 0.29) is 22.5 Å². The highest BCUT2D eigenvalue weighted by Gasteiger charge is 2.22. The highest BCUT2D eigenvalue weighted by Crippen LogP contribution is 2.19. The first kappa shape index (κ1) is 13.5. The third kappa shape index (κ3) is 2.22. The topological polar surface area (TPSA) is 135 Å². The normalized spacial score (nSPS) is 10.6. The van der Waals surface area contributed by atoms with E-state index in [1.807, 2.05) is 0 Å². The van der Waals surface area contributed by atoms with Gasteiger partial charge in [-0.3, -0.25) is 24.8 Å². The molecule has 10 nitrogen and oxygen atoms in total. The zero-order chi connectivity index (χ0) is 15.7. The highest BCUT2D eigenvalue weighted by atomic mass is 16.5. The van der Waals surface area contributed by atoms with Gasteiger partial charge in [0.2, 0.25) is 0 Å². The first-order chi connectivity index (χ1) is 10.6. The molecule has 112 valence electrons. The first-order valence-electron chi connectivity index (χ1n) is 6.09. The van der Waals surface area contributed by atoms with E-state index in [9.17, 15) is 14.4 Å². The van der Waals surface area contributed by atoms with Crippen LogP contribution in [0.15, 0.2) is 29.5 Å². The molecule has 22 heavy (non-hydrogen) atoms. The fourth-order valence-electron chi connectivity index (χ4n) is 1.92. The van der Waals surface area contributed by atoms with Gasteiger partial charge in [0.15, 0.2) is 0 Å². The molecule has 0 saturated heterocycles. The number of methoxy groups -OCH3 is 1. The molecule has 0 bridgehead atoms. The summed E-state index contributed by atoms with van der Waals surface area (Å²) in [7, 11) is 1.21. The molecular weight excluding hydrogens is 292 g/mol. The number of carbonyl (C=O) groups excluding carboxylic acids is 2. The Balaban J connectivity index is 2.04. The van der Waals surface area contributed by atoms with Crippen LogP contribution < -0.4 is 11.0 Å². The molecule has 0 fully saturated rings. The number of H-pyrrole nitrogens is 2. The lowest BCUT2D eigenvalue weighted by Gasteiger charge is -2.12. The van der Waals surface area contributed by atoms with Crippen molar-refractivity contribution in [2.45, 2.75) is 0 Å². The van der Waals surface area contributed by atoms with Crippen LogP contribution in [0.4, 0.5) is 0 Å².